The smallest absolute Gasteiger partial charge is 0.123 e. The van der Waals surface area contributed by atoms with E-state index in [0.29, 0.717) is 12.5 Å². The third-order valence-electron chi connectivity index (χ3n) is 4.41. The highest BCUT2D eigenvalue weighted by atomic mass is 35.5. The lowest BCUT2D eigenvalue weighted by Gasteiger charge is -2.44. The zero-order valence-corrected chi connectivity index (χ0v) is 11.4. The lowest BCUT2D eigenvalue weighted by Crippen LogP contribution is -2.44. The van der Waals surface area contributed by atoms with Gasteiger partial charge in [0, 0.05) is 16.5 Å². The van der Waals surface area contributed by atoms with Gasteiger partial charge in [0.05, 0.1) is 0 Å². The van der Waals surface area contributed by atoms with Crippen LogP contribution in [0.25, 0.3) is 0 Å². The second-order valence-electron chi connectivity index (χ2n) is 5.66. The topological polar surface area (TPSA) is 35.2 Å². The Bertz CT molecular complexity index is 440. The molecule has 0 amide bonds. The van der Waals surface area contributed by atoms with Crippen molar-refractivity contribution in [3.8, 4) is 5.75 Å². The Morgan fingerprint density at radius 2 is 2.06 bits per heavy atom. The van der Waals surface area contributed by atoms with Gasteiger partial charge in [-0.1, -0.05) is 18.0 Å². The van der Waals surface area contributed by atoms with Gasteiger partial charge in [0.2, 0.25) is 0 Å². The summed E-state index contributed by atoms with van der Waals surface area (Å²) in [4.78, 5) is 0. The van der Waals surface area contributed by atoms with E-state index >= 15 is 0 Å². The van der Waals surface area contributed by atoms with Crippen LogP contribution in [0.2, 0.25) is 5.02 Å². The number of hydrogen-bond donors (Lipinski definition) is 1. The summed E-state index contributed by atoms with van der Waals surface area (Å²) in [5.41, 5.74) is 7.20. The molecule has 1 unspecified atom stereocenters. The molecule has 1 fully saturated rings. The predicted octanol–water partition coefficient (Wildman–Crippen LogP) is 3.87. The summed E-state index contributed by atoms with van der Waals surface area (Å²) in [7, 11) is 0. The summed E-state index contributed by atoms with van der Waals surface area (Å²) in [6.07, 6.45) is 7.29. The summed E-state index contributed by atoms with van der Waals surface area (Å²) >= 11 is 6.08. The highest BCUT2D eigenvalue weighted by molar-refractivity contribution is 6.30. The van der Waals surface area contributed by atoms with E-state index in [1.54, 1.807) is 0 Å². The van der Waals surface area contributed by atoms with Crippen molar-refractivity contribution in [2.45, 2.75) is 50.0 Å². The first-order valence-electron chi connectivity index (χ1n) is 6.91. The Balaban J connectivity index is 1.96. The first-order chi connectivity index (χ1) is 8.72. The molecule has 1 aromatic rings. The molecule has 18 heavy (non-hydrogen) atoms. The van der Waals surface area contributed by atoms with Gasteiger partial charge in [0.1, 0.15) is 11.4 Å². The molecule has 1 atom stereocenters. The molecular weight excluding hydrogens is 246 g/mol. The summed E-state index contributed by atoms with van der Waals surface area (Å²) in [5.74, 6) is 1.40. The number of hydrogen-bond acceptors (Lipinski definition) is 2. The summed E-state index contributed by atoms with van der Waals surface area (Å²) < 4.78 is 6.33. The number of rotatable bonds is 1. The molecule has 1 heterocycles. The summed E-state index contributed by atoms with van der Waals surface area (Å²) in [5, 5.41) is 0.774. The quantitative estimate of drug-likeness (QED) is 0.837. The van der Waals surface area contributed by atoms with E-state index in [0.717, 1.165) is 17.2 Å². The van der Waals surface area contributed by atoms with Gasteiger partial charge in [-0.2, -0.15) is 0 Å². The summed E-state index contributed by atoms with van der Waals surface area (Å²) in [6.45, 7) is 0.679. The molecule has 98 valence electrons. The fourth-order valence-electron chi connectivity index (χ4n) is 3.48. The molecule has 2 nitrogen and oxygen atoms in total. The molecule has 1 aromatic carbocycles. The van der Waals surface area contributed by atoms with E-state index in [9.17, 15) is 0 Å². The lowest BCUT2D eigenvalue weighted by atomic mass is 9.74. The number of ether oxygens (including phenoxy) is 1. The van der Waals surface area contributed by atoms with Crippen LogP contribution in [0, 0.1) is 0 Å². The largest absolute Gasteiger partial charge is 0.487 e. The number of nitrogens with two attached hydrogens (primary N) is 1. The minimum atomic E-state index is 0.0448. The summed E-state index contributed by atoms with van der Waals surface area (Å²) in [6, 6.07) is 5.94. The highest BCUT2D eigenvalue weighted by Gasteiger charge is 2.41. The van der Waals surface area contributed by atoms with Crippen LogP contribution in [0.15, 0.2) is 18.2 Å². The van der Waals surface area contributed by atoms with Gasteiger partial charge in [-0.25, -0.2) is 0 Å². The molecule has 0 bridgehead atoms. The maximum atomic E-state index is 6.33. The predicted molar refractivity (Wildman–Crippen MR) is 74.3 cm³/mol. The maximum Gasteiger partial charge on any atom is 0.123 e. The van der Waals surface area contributed by atoms with Crippen molar-refractivity contribution in [3.05, 3.63) is 28.8 Å². The van der Waals surface area contributed by atoms with Crippen molar-refractivity contribution < 1.29 is 4.74 Å². The van der Waals surface area contributed by atoms with Crippen molar-refractivity contribution >= 4 is 11.6 Å². The standard InChI is InChI=1S/C15H20ClNO/c16-12-4-5-14-13(8-12)11(10-17)9-15(18-14)6-2-1-3-7-15/h4-5,8,11H,1-3,6-7,9-10,17H2. The normalized spacial score (nSPS) is 25.6. The molecule has 2 aliphatic rings. The monoisotopic (exact) mass is 265 g/mol. The molecule has 3 heteroatoms. The zero-order valence-electron chi connectivity index (χ0n) is 10.6. The molecule has 1 saturated carbocycles. The number of fused-ring (bicyclic) bond motifs is 1. The first-order valence-corrected chi connectivity index (χ1v) is 7.29. The minimum Gasteiger partial charge on any atom is -0.487 e. The van der Waals surface area contributed by atoms with Gasteiger partial charge >= 0.3 is 0 Å². The van der Waals surface area contributed by atoms with Crippen molar-refractivity contribution in [3.63, 3.8) is 0 Å². The van der Waals surface area contributed by atoms with E-state index in [1.165, 1.54) is 37.7 Å². The van der Waals surface area contributed by atoms with Crippen molar-refractivity contribution in [1.29, 1.82) is 0 Å². The average molecular weight is 266 g/mol. The van der Waals surface area contributed by atoms with E-state index < -0.39 is 0 Å². The van der Waals surface area contributed by atoms with E-state index in [4.69, 9.17) is 22.1 Å². The molecule has 1 aliphatic carbocycles. The maximum absolute atomic E-state index is 6.33. The van der Waals surface area contributed by atoms with Crippen LogP contribution in [0.4, 0.5) is 0 Å². The van der Waals surface area contributed by atoms with Crippen molar-refractivity contribution in [1.82, 2.24) is 0 Å². The number of halogens is 1. The van der Waals surface area contributed by atoms with E-state index in [-0.39, 0.29) is 5.60 Å². The molecule has 0 radical (unpaired) electrons. The van der Waals surface area contributed by atoms with Crippen LogP contribution in [-0.2, 0) is 0 Å². The molecule has 3 rings (SSSR count). The lowest BCUT2D eigenvalue weighted by molar-refractivity contribution is 0.00221. The third-order valence-corrected chi connectivity index (χ3v) is 4.64. The molecule has 1 spiro atoms. The minimum absolute atomic E-state index is 0.0448. The van der Waals surface area contributed by atoms with Crippen molar-refractivity contribution in [2.24, 2.45) is 5.73 Å². The van der Waals surface area contributed by atoms with E-state index in [2.05, 4.69) is 0 Å². The van der Waals surface area contributed by atoms with Crippen molar-refractivity contribution in [2.75, 3.05) is 6.54 Å². The van der Waals surface area contributed by atoms with Gasteiger partial charge in [0.25, 0.3) is 0 Å². The highest BCUT2D eigenvalue weighted by Crippen LogP contribution is 2.47. The van der Waals surface area contributed by atoms with Gasteiger partial charge in [0.15, 0.2) is 0 Å². The third kappa shape index (κ3) is 2.12. The van der Waals surface area contributed by atoms with Gasteiger partial charge in [-0.3, -0.25) is 0 Å². The fraction of sp³-hybridized carbons (Fsp3) is 0.600. The van der Waals surface area contributed by atoms with Crippen LogP contribution in [0.1, 0.15) is 50.0 Å². The van der Waals surface area contributed by atoms with Crippen LogP contribution >= 0.6 is 11.6 Å². The Morgan fingerprint density at radius 1 is 1.28 bits per heavy atom. The SMILES string of the molecule is NCC1CC2(CCCCC2)Oc2ccc(Cl)cc21. The Kier molecular flexibility index (Phi) is 3.25. The van der Waals surface area contributed by atoms with Crippen LogP contribution < -0.4 is 10.5 Å². The molecular formula is C15H20ClNO. The van der Waals surface area contributed by atoms with Gasteiger partial charge in [-0.15, -0.1) is 0 Å². The Labute approximate surface area is 113 Å². The second kappa shape index (κ2) is 4.75. The van der Waals surface area contributed by atoms with Crippen LogP contribution in [0.3, 0.4) is 0 Å². The fourth-order valence-corrected chi connectivity index (χ4v) is 3.66. The van der Waals surface area contributed by atoms with Crippen LogP contribution in [0.5, 0.6) is 5.75 Å². The molecule has 0 saturated heterocycles. The zero-order chi connectivity index (χ0) is 12.6. The first kappa shape index (κ1) is 12.3. The Hall–Kier alpha value is -0.730. The second-order valence-corrected chi connectivity index (χ2v) is 6.10. The number of benzene rings is 1. The average Bonchev–Trinajstić information content (AvgIpc) is 2.39. The van der Waals surface area contributed by atoms with Gasteiger partial charge in [-0.05, 0) is 56.8 Å². The van der Waals surface area contributed by atoms with Gasteiger partial charge < -0.3 is 10.5 Å². The van der Waals surface area contributed by atoms with E-state index in [1.807, 2.05) is 18.2 Å². The molecule has 2 N–H and O–H groups in total. The van der Waals surface area contributed by atoms with Crippen LogP contribution in [-0.4, -0.2) is 12.1 Å². The Morgan fingerprint density at radius 3 is 2.78 bits per heavy atom. The molecule has 1 aliphatic heterocycles. The molecule has 0 aromatic heterocycles.